The lowest BCUT2D eigenvalue weighted by Gasteiger charge is -2.04. The topological polar surface area (TPSA) is 19.7 Å². The Labute approximate surface area is 113 Å². The number of H-pyrrole nitrogens is 1. The van der Waals surface area contributed by atoms with E-state index in [-0.39, 0.29) is 6.54 Å². The molecule has 5 heteroatoms. The summed E-state index contributed by atoms with van der Waals surface area (Å²) >= 11 is 0. The van der Waals surface area contributed by atoms with Crippen LogP contribution in [0.5, 0.6) is 0 Å². The van der Waals surface area contributed by atoms with Crippen molar-refractivity contribution in [1.82, 2.24) is 4.98 Å². The molecule has 1 heterocycles. The maximum atomic E-state index is 13.1. The summed E-state index contributed by atoms with van der Waals surface area (Å²) in [6.45, 7) is 0.180. The van der Waals surface area contributed by atoms with Gasteiger partial charge in [-0.05, 0) is 17.7 Å². The third-order valence-electron chi connectivity index (χ3n) is 3.17. The van der Waals surface area contributed by atoms with Crippen LogP contribution in [0.4, 0.5) is 13.2 Å². The van der Waals surface area contributed by atoms with Gasteiger partial charge in [-0.3, -0.25) is 0 Å². The van der Waals surface area contributed by atoms with E-state index in [1.807, 2.05) is 30.3 Å². The van der Waals surface area contributed by atoms with Gasteiger partial charge in [-0.15, -0.1) is 0 Å². The van der Waals surface area contributed by atoms with Crippen LogP contribution in [0.2, 0.25) is 0 Å². The van der Waals surface area contributed by atoms with Crippen LogP contribution < -0.4 is 4.57 Å². The highest BCUT2D eigenvalue weighted by molar-refractivity contribution is 5.71. The predicted octanol–water partition coefficient (Wildman–Crippen LogP) is 3.52. The Kier molecular flexibility index (Phi) is 2.97. The van der Waals surface area contributed by atoms with E-state index >= 15 is 0 Å². The molecule has 0 aliphatic heterocycles. The second-order valence-corrected chi connectivity index (χ2v) is 4.56. The van der Waals surface area contributed by atoms with Gasteiger partial charge in [-0.1, -0.05) is 42.5 Å². The number of benzene rings is 2. The molecule has 0 aliphatic carbocycles. The highest BCUT2D eigenvalue weighted by atomic mass is 19.4. The van der Waals surface area contributed by atoms with Gasteiger partial charge in [0.05, 0.1) is 0 Å². The molecule has 20 heavy (non-hydrogen) atoms. The first-order chi connectivity index (χ1) is 9.55. The zero-order valence-corrected chi connectivity index (χ0v) is 10.5. The van der Waals surface area contributed by atoms with Crippen LogP contribution >= 0.6 is 0 Å². The van der Waals surface area contributed by atoms with E-state index in [0.29, 0.717) is 11.0 Å². The number of nitrogens with one attached hydrogen (secondary N) is 1. The first kappa shape index (κ1) is 12.7. The number of aromatic amines is 1. The molecule has 0 unspecified atom stereocenters. The van der Waals surface area contributed by atoms with E-state index in [9.17, 15) is 13.2 Å². The Morgan fingerprint density at radius 2 is 1.55 bits per heavy atom. The number of fused-ring (bicyclic) bond motifs is 1. The molecular weight excluding hydrogens is 265 g/mol. The first-order valence-corrected chi connectivity index (χ1v) is 6.17. The second kappa shape index (κ2) is 4.67. The number of halogens is 3. The highest BCUT2D eigenvalue weighted by Crippen LogP contribution is 2.27. The van der Waals surface area contributed by atoms with Crippen molar-refractivity contribution in [2.75, 3.05) is 0 Å². The molecule has 0 atom stereocenters. The van der Waals surface area contributed by atoms with Crippen LogP contribution in [0.25, 0.3) is 11.0 Å². The van der Waals surface area contributed by atoms with Gasteiger partial charge in [0.15, 0.2) is 11.0 Å². The monoisotopic (exact) mass is 277 g/mol. The Bertz CT molecular complexity index is 730. The van der Waals surface area contributed by atoms with E-state index in [1.54, 1.807) is 24.3 Å². The molecule has 3 aromatic rings. The van der Waals surface area contributed by atoms with E-state index in [4.69, 9.17) is 0 Å². The number of hydrogen-bond acceptors (Lipinski definition) is 0. The third-order valence-corrected chi connectivity index (χ3v) is 3.17. The Balaban J connectivity index is 2.16. The molecule has 1 aromatic heterocycles. The number of rotatable bonds is 2. The fraction of sp³-hybridized carbons (Fsp3) is 0.133. The van der Waals surface area contributed by atoms with Crippen molar-refractivity contribution in [2.45, 2.75) is 12.7 Å². The van der Waals surface area contributed by atoms with E-state index in [2.05, 4.69) is 4.98 Å². The number of para-hydroxylation sites is 2. The fourth-order valence-corrected chi connectivity index (χ4v) is 2.28. The minimum absolute atomic E-state index is 0.180. The summed E-state index contributed by atoms with van der Waals surface area (Å²) in [4.78, 5) is 2.46. The summed E-state index contributed by atoms with van der Waals surface area (Å²) < 4.78 is 40.7. The number of hydrogen-bond donors (Lipinski definition) is 1. The lowest BCUT2D eigenvalue weighted by molar-refractivity contribution is -0.682. The van der Waals surface area contributed by atoms with Crippen molar-refractivity contribution in [2.24, 2.45) is 0 Å². The molecule has 0 aliphatic rings. The summed E-state index contributed by atoms with van der Waals surface area (Å²) in [5.41, 5.74) is 1.85. The van der Waals surface area contributed by atoms with Gasteiger partial charge < -0.3 is 0 Å². The maximum absolute atomic E-state index is 13.1. The molecule has 0 bridgehead atoms. The van der Waals surface area contributed by atoms with Crippen molar-refractivity contribution in [3.8, 4) is 0 Å². The molecule has 0 saturated heterocycles. The van der Waals surface area contributed by atoms with Gasteiger partial charge in [0, 0.05) is 0 Å². The Morgan fingerprint density at radius 3 is 2.25 bits per heavy atom. The molecule has 0 amide bonds. The average Bonchev–Trinajstić information content (AvgIpc) is 2.79. The smallest absolute Gasteiger partial charge is 0.233 e. The number of aromatic nitrogens is 2. The van der Waals surface area contributed by atoms with Crippen molar-refractivity contribution < 1.29 is 17.7 Å². The highest BCUT2D eigenvalue weighted by Gasteiger charge is 2.43. The van der Waals surface area contributed by atoms with E-state index in [1.165, 1.54) is 4.57 Å². The van der Waals surface area contributed by atoms with Crippen LogP contribution in [-0.4, -0.2) is 4.98 Å². The molecule has 0 fully saturated rings. The normalized spacial score (nSPS) is 11.9. The van der Waals surface area contributed by atoms with Gasteiger partial charge in [0.2, 0.25) is 0 Å². The summed E-state index contributed by atoms with van der Waals surface area (Å²) in [5.74, 6) is -0.734. The predicted molar refractivity (Wildman–Crippen MR) is 69.0 cm³/mol. The van der Waals surface area contributed by atoms with Crippen molar-refractivity contribution in [3.05, 3.63) is 66.0 Å². The first-order valence-electron chi connectivity index (χ1n) is 6.17. The number of imidazole rings is 1. The van der Waals surface area contributed by atoms with Crippen LogP contribution in [0.15, 0.2) is 54.6 Å². The minimum atomic E-state index is -4.41. The summed E-state index contributed by atoms with van der Waals surface area (Å²) in [7, 11) is 0. The van der Waals surface area contributed by atoms with E-state index < -0.39 is 12.0 Å². The van der Waals surface area contributed by atoms with Crippen LogP contribution in [-0.2, 0) is 12.7 Å². The van der Waals surface area contributed by atoms with Crippen molar-refractivity contribution in [1.29, 1.82) is 0 Å². The molecule has 0 radical (unpaired) electrons. The number of alkyl halides is 3. The largest absolute Gasteiger partial charge is 0.494 e. The van der Waals surface area contributed by atoms with Crippen LogP contribution in [0, 0.1) is 0 Å². The summed E-state index contributed by atoms with van der Waals surface area (Å²) in [6, 6.07) is 15.9. The molecule has 2 nitrogen and oxygen atoms in total. The minimum Gasteiger partial charge on any atom is -0.233 e. The molecule has 0 spiro atoms. The quantitative estimate of drug-likeness (QED) is 0.691. The third kappa shape index (κ3) is 2.27. The van der Waals surface area contributed by atoms with Gasteiger partial charge in [-0.25, -0.2) is 9.55 Å². The standard InChI is InChI=1S/C15H11F3N2/c16-15(17,18)14-19-12-8-4-5-9-13(12)20(14)10-11-6-2-1-3-7-11/h1-9H,10H2/p+1. The molecule has 0 saturated carbocycles. The van der Waals surface area contributed by atoms with Gasteiger partial charge >= 0.3 is 12.0 Å². The lowest BCUT2D eigenvalue weighted by atomic mass is 10.2. The molecule has 1 N–H and O–H groups in total. The van der Waals surface area contributed by atoms with Gasteiger partial charge in [0.25, 0.3) is 0 Å². The maximum Gasteiger partial charge on any atom is 0.494 e. The van der Waals surface area contributed by atoms with Crippen molar-refractivity contribution >= 4 is 11.0 Å². The Morgan fingerprint density at radius 1 is 0.900 bits per heavy atom. The number of nitrogens with zero attached hydrogens (tertiary/aromatic N) is 1. The molecule has 2 aromatic carbocycles. The van der Waals surface area contributed by atoms with E-state index in [0.717, 1.165) is 5.56 Å². The fourth-order valence-electron chi connectivity index (χ4n) is 2.28. The van der Waals surface area contributed by atoms with Crippen LogP contribution in [0.1, 0.15) is 11.4 Å². The second-order valence-electron chi connectivity index (χ2n) is 4.56. The zero-order chi connectivity index (χ0) is 14.2. The van der Waals surface area contributed by atoms with Gasteiger partial charge in [0.1, 0.15) is 6.54 Å². The summed E-state index contributed by atoms with van der Waals surface area (Å²) in [6.07, 6.45) is -4.41. The lowest BCUT2D eigenvalue weighted by Crippen LogP contribution is -2.41. The molecule has 102 valence electrons. The SMILES string of the molecule is FC(F)(F)c1[nH]c2ccccc2[n+]1Cc1ccccc1. The Hall–Kier alpha value is -2.30. The zero-order valence-electron chi connectivity index (χ0n) is 10.5. The average molecular weight is 277 g/mol. The van der Waals surface area contributed by atoms with Gasteiger partial charge in [-0.2, -0.15) is 13.2 Å². The summed E-state index contributed by atoms with van der Waals surface area (Å²) in [5, 5.41) is 0. The molecular formula is C15H12F3N2+. The molecule has 3 rings (SSSR count). The van der Waals surface area contributed by atoms with Crippen molar-refractivity contribution in [3.63, 3.8) is 0 Å². The van der Waals surface area contributed by atoms with Crippen LogP contribution in [0.3, 0.4) is 0 Å².